The van der Waals surface area contributed by atoms with E-state index in [-0.39, 0.29) is 12.5 Å². The minimum atomic E-state index is -0.000687. The van der Waals surface area contributed by atoms with Gasteiger partial charge in [-0.25, -0.2) is 0 Å². The molecule has 0 saturated carbocycles. The molecule has 0 spiro atoms. The number of aromatic nitrogens is 1. The predicted molar refractivity (Wildman–Crippen MR) is 79.3 cm³/mol. The molecule has 0 aliphatic carbocycles. The summed E-state index contributed by atoms with van der Waals surface area (Å²) in [6.07, 6.45) is 5.70. The van der Waals surface area contributed by atoms with E-state index < -0.39 is 0 Å². The molecule has 0 aliphatic heterocycles. The van der Waals surface area contributed by atoms with Gasteiger partial charge < -0.3 is 10.0 Å². The Morgan fingerprint density at radius 1 is 1.40 bits per heavy atom. The summed E-state index contributed by atoms with van der Waals surface area (Å²) < 4.78 is 0. The van der Waals surface area contributed by atoms with Crippen molar-refractivity contribution >= 4 is 5.91 Å². The van der Waals surface area contributed by atoms with Crippen LogP contribution < -0.4 is 0 Å². The van der Waals surface area contributed by atoms with Crippen LogP contribution in [0.3, 0.4) is 0 Å². The van der Waals surface area contributed by atoms with Gasteiger partial charge in [0.15, 0.2) is 0 Å². The smallest absolute Gasteiger partial charge is 0.255 e. The largest absolute Gasteiger partial charge is 0.395 e. The molecule has 0 aromatic carbocycles. The van der Waals surface area contributed by atoms with Crippen LogP contribution in [0.1, 0.15) is 49.0 Å². The van der Waals surface area contributed by atoms with Gasteiger partial charge >= 0.3 is 0 Å². The number of rotatable bonds is 6. The molecule has 4 heteroatoms. The van der Waals surface area contributed by atoms with E-state index in [9.17, 15) is 4.79 Å². The zero-order valence-electron chi connectivity index (χ0n) is 12.2. The van der Waals surface area contributed by atoms with Crippen molar-refractivity contribution in [3.8, 4) is 11.8 Å². The Kier molecular flexibility index (Phi) is 7.38. The van der Waals surface area contributed by atoms with E-state index >= 15 is 0 Å². The van der Waals surface area contributed by atoms with Crippen LogP contribution in [-0.4, -0.2) is 40.6 Å². The molecule has 108 valence electrons. The van der Waals surface area contributed by atoms with E-state index in [1.165, 1.54) is 0 Å². The summed E-state index contributed by atoms with van der Waals surface area (Å²) in [6.45, 7) is 5.59. The van der Waals surface area contributed by atoms with Crippen LogP contribution in [0.25, 0.3) is 0 Å². The summed E-state index contributed by atoms with van der Waals surface area (Å²) in [5, 5.41) is 8.70. The summed E-state index contributed by atoms with van der Waals surface area (Å²) in [7, 11) is 0. The summed E-state index contributed by atoms with van der Waals surface area (Å²) in [5.74, 6) is 5.73. The van der Waals surface area contributed by atoms with E-state index in [1.54, 1.807) is 18.5 Å². The first-order chi connectivity index (χ1) is 9.72. The molecule has 0 fully saturated rings. The van der Waals surface area contributed by atoms with Gasteiger partial charge in [-0.05, 0) is 19.4 Å². The van der Waals surface area contributed by atoms with Crippen molar-refractivity contribution in [3.05, 3.63) is 29.6 Å². The fourth-order valence-electron chi connectivity index (χ4n) is 1.78. The highest BCUT2D eigenvalue weighted by molar-refractivity contribution is 5.94. The first-order valence-corrected chi connectivity index (χ1v) is 7.07. The molecular formula is C16H22N2O2. The van der Waals surface area contributed by atoms with E-state index in [1.807, 2.05) is 11.8 Å². The van der Waals surface area contributed by atoms with Gasteiger partial charge in [-0.3, -0.25) is 9.78 Å². The lowest BCUT2D eigenvalue weighted by atomic mass is 10.1. The van der Waals surface area contributed by atoms with Crippen molar-refractivity contribution in [1.82, 2.24) is 9.88 Å². The average molecular weight is 274 g/mol. The van der Waals surface area contributed by atoms with Crippen molar-refractivity contribution in [1.29, 1.82) is 0 Å². The highest BCUT2D eigenvalue weighted by Crippen LogP contribution is 2.07. The number of aliphatic hydroxyl groups is 1. The number of unbranched alkanes of at least 4 members (excludes halogenated alkanes) is 1. The molecule has 0 atom stereocenters. The highest BCUT2D eigenvalue weighted by atomic mass is 16.2. The standard InChI is InChI=1S/C16H22N2O2/c1-3-5-9-18(4-2)16(20)15-11-14(12-17-13-15)8-6-7-10-19/h11-13,19H,3-5,7,9-10H2,1-2H3. The molecule has 1 aromatic heterocycles. The van der Waals surface area contributed by atoms with E-state index in [0.717, 1.165) is 19.4 Å². The zero-order chi connectivity index (χ0) is 14.8. The Bertz CT molecular complexity index is 489. The Labute approximate surface area is 120 Å². The van der Waals surface area contributed by atoms with Gasteiger partial charge in [0.2, 0.25) is 0 Å². The van der Waals surface area contributed by atoms with Crippen LogP contribution in [0, 0.1) is 11.8 Å². The van der Waals surface area contributed by atoms with E-state index in [2.05, 4.69) is 23.7 Å². The molecule has 1 heterocycles. The third-order valence-electron chi connectivity index (χ3n) is 2.91. The van der Waals surface area contributed by atoms with Crippen LogP contribution in [0.5, 0.6) is 0 Å². The van der Waals surface area contributed by atoms with Crippen molar-refractivity contribution in [2.75, 3.05) is 19.7 Å². The quantitative estimate of drug-likeness (QED) is 0.808. The second kappa shape index (κ2) is 9.11. The predicted octanol–water partition coefficient (Wildman–Crippen LogP) is 2.08. The summed E-state index contributed by atoms with van der Waals surface area (Å²) in [4.78, 5) is 18.3. The van der Waals surface area contributed by atoms with Crippen molar-refractivity contribution in [2.45, 2.75) is 33.1 Å². The van der Waals surface area contributed by atoms with Gasteiger partial charge in [-0.2, -0.15) is 0 Å². The third kappa shape index (κ3) is 5.02. The molecule has 4 nitrogen and oxygen atoms in total. The Balaban J connectivity index is 2.82. The zero-order valence-corrected chi connectivity index (χ0v) is 12.2. The Morgan fingerprint density at radius 3 is 2.85 bits per heavy atom. The fraction of sp³-hybridized carbons (Fsp3) is 0.500. The Morgan fingerprint density at radius 2 is 2.20 bits per heavy atom. The average Bonchev–Trinajstić information content (AvgIpc) is 2.48. The summed E-state index contributed by atoms with van der Waals surface area (Å²) >= 11 is 0. The number of pyridine rings is 1. The van der Waals surface area contributed by atoms with Gasteiger partial charge in [-0.15, -0.1) is 0 Å². The minimum Gasteiger partial charge on any atom is -0.395 e. The molecule has 20 heavy (non-hydrogen) atoms. The lowest BCUT2D eigenvalue weighted by Crippen LogP contribution is -2.31. The SMILES string of the molecule is CCCCN(CC)C(=O)c1cncc(C#CCCO)c1. The first kappa shape index (κ1) is 16.2. The van der Waals surface area contributed by atoms with Crippen LogP contribution >= 0.6 is 0 Å². The number of carbonyl (C=O) groups is 1. The van der Waals surface area contributed by atoms with Crippen molar-refractivity contribution in [2.24, 2.45) is 0 Å². The maximum absolute atomic E-state index is 12.4. The van der Waals surface area contributed by atoms with Crippen molar-refractivity contribution in [3.63, 3.8) is 0 Å². The van der Waals surface area contributed by atoms with Crippen LogP contribution in [0.4, 0.5) is 0 Å². The summed E-state index contributed by atoms with van der Waals surface area (Å²) in [5.41, 5.74) is 1.27. The van der Waals surface area contributed by atoms with Crippen molar-refractivity contribution < 1.29 is 9.90 Å². The number of hydrogen-bond donors (Lipinski definition) is 1. The molecule has 0 unspecified atom stereocenters. The second-order valence-corrected chi connectivity index (χ2v) is 4.48. The van der Waals surface area contributed by atoms with Crippen LogP contribution in [-0.2, 0) is 0 Å². The number of nitrogens with zero attached hydrogens (tertiary/aromatic N) is 2. The Hall–Kier alpha value is -1.86. The lowest BCUT2D eigenvalue weighted by molar-refractivity contribution is 0.0762. The topological polar surface area (TPSA) is 53.4 Å². The van der Waals surface area contributed by atoms with Gasteiger partial charge in [-0.1, -0.05) is 25.2 Å². The van der Waals surface area contributed by atoms with Crippen LogP contribution in [0.15, 0.2) is 18.5 Å². The summed E-state index contributed by atoms with van der Waals surface area (Å²) in [6, 6.07) is 1.76. The fourth-order valence-corrected chi connectivity index (χ4v) is 1.78. The molecule has 1 rings (SSSR count). The van der Waals surface area contributed by atoms with Crippen LogP contribution in [0.2, 0.25) is 0 Å². The molecule has 1 N–H and O–H groups in total. The molecule has 1 amide bonds. The molecule has 1 aromatic rings. The maximum atomic E-state index is 12.4. The number of amides is 1. The molecule has 0 aliphatic rings. The normalized spacial score (nSPS) is 9.75. The third-order valence-corrected chi connectivity index (χ3v) is 2.91. The highest BCUT2D eigenvalue weighted by Gasteiger charge is 2.14. The van der Waals surface area contributed by atoms with E-state index in [4.69, 9.17) is 5.11 Å². The molecule has 0 radical (unpaired) electrons. The van der Waals surface area contributed by atoms with Gasteiger partial charge in [0.1, 0.15) is 0 Å². The monoisotopic (exact) mass is 274 g/mol. The molecular weight excluding hydrogens is 252 g/mol. The maximum Gasteiger partial charge on any atom is 0.255 e. The van der Waals surface area contributed by atoms with E-state index in [0.29, 0.717) is 24.1 Å². The molecule has 0 saturated heterocycles. The number of hydrogen-bond acceptors (Lipinski definition) is 3. The number of carbonyl (C=O) groups excluding carboxylic acids is 1. The molecule has 0 bridgehead atoms. The second-order valence-electron chi connectivity index (χ2n) is 4.48. The lowest BCUT2D eigenvalue weighted by Gasteiger charge is -2.20. The first-order valence-electron chi connectivity index (χ1n) is 7.07. The van der Waals surface area contributed by atoms with Gasteiger partial charge in [0, 0.05) is 37.5 Å². The minimum absolute atomic E-state index is 0.000687. The number of aliphatic hydroxyl groups excluding tert-OH is 1. The van der Waals surface area contributed by atoms with Gasteiger partial charge in [0.25, 0.3) is 5.91 Å². The van der Waals surface area contributed by atoms with Gasteiger partial charge in [0.05, 0.1) is 12.2 Å².